The standard InChI is InChI=1S/C28H39NO7S/c1-5-7-17-37-18-15-29(28(32)36-25-19-21(3)8-13-24(25)33-4)14-16-35-23-11-9-22(10-12-23)20-26(27(30)31)34-6-2/h8-13,19,26H,5-7,14-18,20H2,1-4H3,(H,30,31). The van der Waals surface area contributed by atoms with Crippen LogP contribution < -0.4 is 14.2 Å². The molecule has 0 aliphatic heterocycles. The first-order chi connectivity index (χ1) is 17.9. The molecule has 0 saturated heterocycles. The van der Waals surface area contributed by atoms with E-state index in [9.17, 15) is 14.7 Å². The van der Waals surface area contributed by atoms with Crippen LogP contribution in [0.2, 0.25) is 0 Å². The summed E-state index contributed by atoms with van der Waals surface area (Å²) in [4.78, 5) is 26.0. The molecule has 1 N–H and O–H groups in total. The molecule has 2 aromatic rings. The van der Waals surface area contributed by atoms with E-state index in [1.165, 1.54) is 0 Å². The first kappa shape index (κ1) is 30.3. The van der Waals surface area contributed by atoms with Crippen LogP contribution in [0.5, 0.6) is 17.2 Å². The number of carboxylic acids is 1. The monoisotopic (exact) mass is 533 g/mol. The first-order valence-corrected chi connectivity index (χ1v) is 13.8. The second-order valence-electron chi connectivity index (χ2n) is 8.45. The van der Waals surface area contributed by atoms with E-state index >= 15 is 0 Å². The predicted octanol–water partition coefficient (Wildman–Crippen LogP) is 5.45. The highest BCUT2D eigenvalue weighted by Gasteiger charge is 2.19. The van der Waals surface area contributed by atoms with Gasteiger partial charge in [0.2, 0.25) is 0 Å². The lowest BCUT2D eigenvalue weighted by molar-refractivity contribution is -0.149. The second kappa shape index (κ2) is 16.8. The lowest BCUT2D eigenvalue weighted by Crippen LogP contribution is -2.38. The highest BCUT2D eigenvalue weighted by Crippen LogP contribution is 2.28. The van der Waals surface area contributed by atoms with Gasteiger partial charge in [-0.1, -0.05) is 31.5 Å². The largest absolute Gasteiger partial charge is 0.493 e. The number of aliphatic carboxylic acids is 1. The van der Waals surface area contributed by atoms with Crippen LogP contribution in [0.4, 0.5) is 4.79 Å². The number of unbranched alkanes of at least 4 members (excludes halogenated alkanes) is 1. The quantitative estimate of drug-likeness (QED) is 0.268. The summed E-state index contributed by atoms with van der Waals surface area (Å²) < 4.78 is 22.2. The van der Waals surface area contributed by atoms with Crippen molar-refractivity contribution in [2.45, 2.75) is 46.1 Å². The Labute approximate surface area is 224 Å². The van der Waals surface area contributed by atoms with E-state index < -0.39 is 18.2 Å². The van der Waals surface area contributed by atoms with Crippen molar-refractivity contribution < 1.29 is 33.6 Å². The fraction of sp³-hybridized carbons (Fsp3) is 0.500. The second-order valence-corrected chi connectivity index (χ2v) is 9.68. The molecule has 0 heterocycles. The average molecular weight is 534 g/mol. The van der Waals surface area contributed by atoms with Crippen molar-refractivity contribution in [3.05, 3.63) is 53.6 Å². The summed E-state index contributed by atoms with van der Waals surface area (Å²) in [6, 6.07) is 12.7. The predicted molar refractivity (Wildman–Crippen MR) is 146 cm³/mol. The van der Waals surface area contributed by atoms with Gasteiger partial charge >= 0.3 is 12.1 Å². The summed E-state index contributed by atoms with van der Waals surface area (Å²) in [5, 5.41) is 9.27. The number of methoxy groups -OCH3 is 1. The zero-order chi connectivity index (χ0) is 27.0. The third-order valence-electron chi connectivity index (χ3n) is 5.54. The molecule has 0 aliphatic carbocycles. The van der Waals surface area contributed by atoms with Gasteiger partial charge in [0.05, 0.1) is 13.7 Å². The number of carbonyl (C=O) groups excluding carboxylic acids is 1. The number of carbonyl (C=O) groups is 2. The molecule has 1 unspecified atom stereocenters. The van der Waals surface area contributed by atoms with Crippen molar-refractivity contribution in [3.63, 3.8) is 0 Å². The molecule has 0 aliphatic rings. The number of carboxylic acid groups (broad SMARTS) is 1. The van der Waals surface area contributed by atoms with Crippen LogP contribution >= 0.6 is 11.8 Å². The van der Waals surface area contributed by atoms with Gasteiger partial charge in [-0.2, -0.15) is 11.8 Å². The molecular weight excluding hydrogens is 494 g/mol. The van der Waals surface area contributed by atoms with Gasteiger partial charge in [-0.05, 0) is 61.4 Å². The Balaban J connectivity index is 1.96. The van der Waals surface area contributed by atoms with Gasteiger partial charge < -0.3 is 29.0 Å². The number of amides is 1. The summed E-state index contributed by atoms with van der Waals surface area (Å²) in [6.07, 6.45) is 1.24. The molecule has 0 aromatic heterocycles. The van der Waals surface area contributed by atoms with E-state index in [-0.39, 0.29) is 13.0 Å². The zero-order valence-electron chi connectivity index (χ0n) is 22.2. The summed E-state index contributed by atoms with van der Waals surface area (Å²) in [7, 11) is 1.54. The van der Waals surface area contributed by atoms with Crippen LogP contribution in [0.25, 0.3) is 0 Å². The molecule has 204 valence electrons. The van der Waals surface area contributed by atoms with Crippen LogP contribution in [-0.4, -0.2) is 73.1 Å². The number of aryl methyl sites for hydroxylation is 1. The molecule has 0 radical (unpaired) electrons. The summed E-state index contributed by atoms with van der Waals surface area (Å²) in [5.41, 5.74) is 1.81. The third-order valence-corrected chi connectivity index (χ3v) is 6.59. The zero-order valence-corrected chi connectivity index (χ0v) is 23.1. The number of nitrogens with zero attached hydrogens (tertiary/aromatic N) is 1. The molecule has 0 saturated carbocycles. The fourth-order valence-electron chi connectivity index (χ4n) is 3.47. The van der Waals surface area contributed by atoms with Gasteiger partial charge in [0.15, 0.2) is 17.6 Å². The van der Waals surface area contributed by atoms with Gasteiger partial charge in [0.25, 0.3) is 0 Å². The Bertz CT molecular complexity index is 968. The van der Waals surface area contributed by atoms with Gasteiger partial charge in [-0.25, -0.2) is 9.59 Å². The maximum atomic E-state index is 13.0. The van der Waals surface area contributed by atoms with E-state index in [0.717, 1.165) is 35.5 Å². The van der Waals surface area contributed by atoms with Crippen LogP contribution in [-0.2, 0) is 16.0 Å². The van der Waals surface area contributed by atoms with Gasteiger partial charge in [0.1, 0.15) is 12.4 Å². The number of ether oxygens (including phenoxy) is 4. The fourth-order valence-corrected chi connectivity index (χ4v) is 4.51. The maximum Gasteiger partial charge on any atom is 0.415 e. The average Bonchev–Trinajstić information content (AvgIpc) is 2.88. The van der Waals surface area contributed by atoms with E-state index in [1.807, 2.05) is 36.9 Å². The lowest BCUT2D eigenvalue weighted by Gasteiger charge is -2.22. The highest BCUT2D eigenvalue weighted by molar-refractivity contribution is 7.99. The van der Waals surface area contributed by atoms with Crippen LogP contribution in [0.1, 0.15) is 37.8 Å². The number of rotatable bonds is 17. The number of hydrogen-bond donors (Lipinski definition) is 1. The minimum absolute atomic E-state index is 0.279. The number of benzene rings is 2. The van der Waals surface area contributed by atoms with Crippen molar-refractivity contribution in [1.82, 2.24) is 4.90 Å². The van der Waals surface area contributed by atoms with E-state index in [4.69, 9.17) is 18.9 Å². The Kier molecular flexibility index (Phi) is 13.7. The van der Waals surface area contributed by atoms with Crippen molar-refractivity contribution >= 4 is 23.8 Å². The normalized spacial score (nSPS) is 11.6. The Morgan fingerprint density at radius 2 is 1.78 bits per heavy atom. The maximum absolute atomic E-state index is 13.0. The molecule has 0 spiro atoms. The van der Waals surface area contributed by atoms with Crippen molar-refractivity contribution in [2.75, 3.05) is 44.9 Å². The first-order valence-electron chi connectivity index (χ1n) is 12.6. The minimum atomic E-state index is -0.981. The Morgan fingerprint density at radius 1 is 1.03 bits per heavy atom. The van der Waals surface area contributed by atoms with E-state index in [0.29, 0.717) is 36.9 Å². The highest BCUT2D eigenvalue weighted by atomic mass is 32.2. The molecule has 2 aromatic carbocycles. The molecule has 1 atom stereocenters. The van der Waals surface area contributed by atoms with Crippen molar-refractivity contribution in [1.29, 1.82) is 0 Å². The molecule has 8 nitrogen and oxygen atoms in total. The van der Waals surface area contributed by atoms with Gasteiger partial charge in [-0.3, -0.25) is 0 Å². The summed E-state index contributed by atoms with van der Waals surface area (Å²) in [6.45, 7) is 7.38. The number of thioether (sulfide) groups is 1. The van der Waals surface area contributed by atoms with E-state index in [1.54, 1.807) is 43.2 Å². The van der Waals surface area contributed by atoms with Gasteiger partial charge in [-0.15, -0.1) is 0 Å². The summed E-state index contributed by atoms with van der Waals surface area (Å²) >= 11 is 1.81. The SMILES string of the molecule is CCCCSCCN(CCOc1ccc(CC(OCC)C(=O)O)cc1)C(=O)Oc1cc(C)ccc1OC. The van der Waals surface area contributed by atoms with Gasteiger partial charge in [0, 0.05) is 25.3 Å². The molecule has 0 bridgehead atoms. The van der Waals surface area contributed by atoms with Crippen LogP contribution in [0.3, 0.4) is 0 Å². The number of hydrogen-bond acceptors (Lipinski definition) is 7. The Morgan fingerprint density at radius 3 is 2.43 bits per heavy atom. The van der Waals surface area contributed by atoms with Crippen LogP contribution in [0, 0.1) is 6.92 Å². The third kappa shape index (κ3) is 10.9. The molecular formula is C28H39NO7S. The van der Waals surface area contributed by atoms with E-state index in [2.05, 4.69) is 6.92 Å². The lowest BCUT2D eigenvalue weighted by atomic mass is 10.1. The molecule has 0 fully saturated rings. The molecule has 1 amide bonds. The smallest absolute Gasteiger partial charge is 0.415 e. The molecule has 2 rings (SSSR count). The topological polar surface area (TPSA) is 94.5 Å². The van der Waals surface area contributed by atoms with Crippen molar-refractivity contribution in [2.24, 2.45) is 0 Å². The van der Waals surface area contributed by atoms with Crippen LogP contribution in [0.15, 0.2) is 42.5 Å². The Hall–Kier alpha value is -2.91. The minimum Gasteiger partial charge on any atom is -0.493 e. The molecule has 9 heteroatoms. The molecule has 37 heavy (non-hydrogen) atoms. The summed E-state index contributed by atoms with van der Waals surface area (Å²) in [5.74, 6) is 2.41. The van der Waals surface area contributed by atoms with Crippen molar-refractivity contribution in [3.8, 4) is 17.2 Å².